The lowest BCUT2D eigenvalue weighted by Crippen LogP contribution is -2.58. The Balaban J connectivity index is 1.66. The van der Waals surface area contributed by atoms with Crippen LogP contribution in [0.15, 0.2) is 0 Å². The Bertz CT molecular complexity index is 330. The van der Waals surface area contributed by atoms with E-state index in [1.54, 1.807) is 7.11 Å². The molecule has 2 aliphatic carbocycles. The van der Waals surface area contributed by atoms with Gasteiger partial charge >= 0.3 is 5.97 Å². The zero-order valence-corrected chi connectivity index (χ0v) is 12.8. The Kier molecular flexibility index (Phi) is 6.41. The van der Waals surface area contributed by atoms with Crippen molar-refractivity contribution in [3.63, 3.8) is 0 Å². The summed E-state index contributed by atoms with van der Waals surface area (Å²) in [7, 11) is 1.67. The first kappa shape index (κ1) is 16.7. The van der Waals surface area contributed by atoms with Gasteiger partial charge in [-0.25, -0.2) is 0 Å². The van der Waals surface area contributed by atoms with Crippen LogP contribution in [0.1, 0.15) is 32.1 Å². The maximum absolute atomic E-state index is 11.7. The number of methoxy groups -OCH3 is 1. The fourth-order valence-corrected chi connectivity index (χ4v) is 2.50. The predicted molar refractivity (Wildman–Crippen MR) is 77.4 cm³/mol. The van der Waals surface area contributed by atoms with E-state index in [0.717, 1.165) is 32.1 Å². The molecule has 1 atom stereocenters. The minimum atomic E-state index is -0.892. The Morgan fingerprint density at radius 2 is 1.86 bits per heavy atom. The number of hydrogen-bond donors (Lipinski definition) is 2. The number of carbonyl (C=O) groups is 1. The summed E-state index contributed by atoms with van der Waals surface area (Å²) >= 11 is 0. The van der Waals surface area contributed by atoms with Crippen molar-refractivity contribution >= 4 is 5.97 Å². The maximum atomic E-state index is 11.7. The molecule has 0 aromatic rings. The van der Waals surface area contributed by atoms with Crippen LogP contribution in [-0.2, 0) is 19.0 Å². The SMILES string of the molecule is COCCCOCCOCC(NC1CC1)(C(=O)O)C1CC1. The molecule has 2 saturated carbocycles. The standard InChI is InChI=1S/C15H27NO5/c1-19-7-2-8-20-9-10-21-11-15(14(17)18,12-3-4-12)16-13-5-6-13/h12-13,16H,2-11H2,1H3,(H,17,18). The van der Waals surface area contributed by atoms with Gasteiger partial charge in [0.15, 0.2) is 0 Å². The van der Waals surface area contributed by atoms with Crippen LogP contribution in [0.3, 0.4) is 0 Å². The Hall–Kier alpha value is -0.690. The number of aliphatic carboxylic acids is 1. The Morgan fingerprint density at radius 1 is 1.14 bits per heavy atom. The highest BCUT2D eigenvalue weighted by atomic mass is 16.5. The number of carboxylic acid groups (broad SMARTS) is 1. The number of carboxylic acids is 1. The maximum Gasteiger partial charge on any atom is 0.326 e. The second kappa shape index (κ2) is 8.08. The quantitative estimate of drug-likeness (QED) is 0.495. The van der Waals surface area contributed by atoms with Gasteiger partial charge in [0.25, 0.3) is 0 Å². The van der Waals surface area contributed by atoms with Crippen LogP contribution in [0, 0.1) is 5.92 Å². The van der Waals surface area contributed by atoms with Gasteiger partial charge in [0.2, 0.25) is 0 Å². The molecule has 2 rings (SSSR count). The van der Waals surface area contributed by atoms with Gasteiger partial charge in [0.1, 0.15) is 5.54 Å². The van der Waals surface area contributed by atoms with Gasteiger partial charge in [-0.3, -0.25) is 10.1 Å². The Labute approximate surface area is 126 Å². The molecule has 6 heteroatoms. The third-order valence-electron chi connectivity index (χ3n) is 4.03. The largest absolute Gasteiger partial charge is 0.480 e. The zero-order valence-electron chi connectivity index (χ0n) is 12.8. The first-order valence-corrected chi connectivity index (χ1v) is 7.84. The van der Waals surface area contributed by atoms with Gasteiger partial charge in [-0.2, -0.15) is 0 Å². The lowest BCUT2D eigenvalue weighted by molar-refractivity contribution is -0.149. The molecule has 0 heterocycles. The molecule has 0 amide bonds. The van der Waals surface area contributed by atoms with E-state index in [-0.39, 0.29) is 12.5 Å². The van der Waals surface area contributed by atoms with E-state index in [1.807, 2.05) is 0 Å². The minimum Gasteiger partial charge on any atom is -0.480 e. The van der Waals surface area contributed by atoms with E-state index in [1.165, 1.54) is 0 Å². The number of nitrogens with one attached hydrogen (secondary N) is 1. The Morgan fingerprint density at radius 3 is 2.43 bits per heavy atom. The highest BCUT2D eigenvalue weighted by molar-refractivity contribution is 5.80. The lowest BCUT2D eigenvalue weighted by Gasteiger charge is -2.30. The van der Waals surface area contributed by atoms with E-state index in [9.17, 15) is 9.90 Å². The molecule has 2 N–H and O–H groups in total. The van der Waals surface area contributed by atoms with Gasteiger partial charge in [-0.1, -0.05) is 0 Å². The second-order valence-electron chi connectivity index (χ2n) is 5.98. The fourth-order valence-electron chi connectivity index (χ4n) is 2.50. The van der Waals surface area contributed by atoms with Crippen LogP contribution >= 0.6 is 0 Å². The highest BCUT2D eigenvalue weighted by Gasteiger charge is 2.53. The van der Waals surface area contributed by atoms with Crippen molar-refractivity contribution in [2.45, 2.75) is 43.7 Å². The molecule has 0 aliphatic heterocycles. The molecule has 0 radical (unpaired) electrons. The van der Waals surface area contributed by atoms with Gasteiger partial charge in [0, 0.05) is 26.4 Å². The van der Waals surface area contributed by atoms with E-state index in [0.29, 0.717) is 32.5 Å². The van der Waals surface area contributed by atoms with Crippen LogP contribution in [0.2, 0.25) is 0 Å². The van der Waals surface area contributed by atoms with E-state index in [2.05, 4.69) is 5.32 Å². The molecule has 0 saturated heterocycles. The van der Waals surface area contributed by atoms with Crippen molar-refractivity contribution in [2.24, 2.45) is 5.92 Å². The number of ether oxygens (including phenoxy) is 3. The molecule has 1 unspecified atom stereocenters. The van der Waals surface area contributed by atoms with Crippen molar-refractivity contribution in [2.75, 3.05) is 40.1 Å². The second-order valence-corrected chi connectivity index (χ2v) is 5.98. The van der Waals surface area contributed by atoms with Crippen LogP contribution < -0.4 is 5.32 Å². The third-order valence-corrected chi connectivity index (χ3v) is 4.03. The first-order valence-electron chi connectivity index (χ1n) is 7.84. The van der Waals surface area contributed by atoms with Gasteiger partial charge in [-0.05, 0) is 38.0 Å². The zero-order chi connectivity index (χ0) is 15.1. The predicted octanol–water partition coefficient (Wildman–Crippen LogP) is 1.04. The monoisotopic (exact) mass is 301 g/mol. The molecule has 2 aliphatic rings. The molecule has 122 valence electrons. The average Bonchev–Trinajstić information content (AvgIpc) is 3.33. The number of hydrogen-bond acceptors (Lipinski definition) is 5. The molecular formula is C15H27NO5. The summed E-state index contributed by atoms with van der Waals surface area (Å²) in [6, 6.07) is 0.357. The molecule has 0 aromatic carbocycles. The molecule has 0 bridgehead atoms. The van der Waals surface area contributed by atoms with Crippen LogP contribution in [-0.4, -0.2) is 62.8 Å². The minimum absolute atomic E-state index is 0.207. The summed E-state index contributed by atoms with van der Waals surface area (Å²) in [5.41, 5.74) is -0.892. The number of rotatable bonds is 13. The lowest BCUT2D eigenvalue weighted by atomic mass is 9.94. The van der Waals surface area contributed by atoms with Crippen LogP contribution in [0.5, 0.6) is 0 Å². The normalized spacial score (nSPS) is 21.2. The van der Waals surface area contributed by atoms with Crippen molar-refractivity contribution in [3.8, 4) is 0 Å². The van der Waals surface area contributed by atoms with Gasteiger partial charge in [-0.15, -0.1) is 0 Å². The van der Waals surface area contributed by atoms with Gasteiger partial charge < -0.3 is 19.3 Å². The first-order chi connectivity index (χ1) is 10.2. The molecule has 2 fully saturated rings. The topological polar surface area (TPSA) is 77.0 Å². The highest BCUT2D eigenvalue weighted by Crippen LogP contribution is 2.42. The molecule has 21 heavy (non-hydrogen) atoms. The summed E-state index contributed by atoms with van der Waals surface area (Å²) in [5.74, 6) is -0.573. The summed E-state index contributed by atoms with van der Waals surface area (Å²) in [6.07, 6.45) is 4.96. The van der Waals surface area contributed by atoms with Crippen LogP contribution in [0.4, 0.5) is 0 Å². The fraction of sp³-hybridized carbons (Fsp3) is 0.933. The summed E-state index contributed by atoms with van der Waals surface area (Å²) < 4.78 is 15.9. The molecule has 6 nitrogen and oxygen atoms in total. The average molecular weight is 301 g/mol. The van der Waals surface area contributed by atoms with Crippen molar-refractivity contribution in [3.05, 3.63) is 0 Å². The van der Waals surface area contributed by atoms with E-state index in [4.69, 9.17) is 14.2 Å². The van der Waals surface area contributed by atoms with Crippen molar-refractivity contribution < 1.29 is 24.1 Å². The third kappa shape index (κ3) is 5.21. The van der Waals surface area contributed by atoms with Gasteiger partial charge in [0.05, 0.1) is 19.8 Å². The van der Waals surface area contributed by atoms with E-state index >= 15 is 0 Å². The summed E-state index contributed by atoms with van der Waals surface area (Å²) in [4.78, 5) is 11.7. The smallest absolute Gasteiger partial charge is 0.326 e. The summed E-state index contributed by atoms with van der Waals surface area (Å²) in [5, 5.41) is 12.9. The van der Waals surface area contributed by atoms with Crippen molar-refractivity contribution in [1.82, 2.24) is 5.32 Å². The molecular weight excluding hydrogens is 274 g/mol. The van der Waals surface area contributed by atoms with Crippen LogP contribution in [0.25, 0.3) is 0 Å². The van der Waals surface area contributed by atoms with E-state index < -0.39 is 11.5 Å². The summed E-state index contributed by atoms with van der Waals surface area (Å²) in [6.45, 7) is 2.49. The molecule has 0 spiro atoms. The molecule has 0 aromatic heterocycles. The van der Waals surface area contributed by atoms with Crippen molar-refractivity contribution in [1.29, 1.82) is 0 Å².